The predicted molar refractivity (Wildman–Crippen MR) is 87.5 cm³/mol. The quantitative estimate of drug-likeness (QED) is 0.685. The number of benzene rings is 2. The fourth-order valence-electron chi connectivity index (χ4n) is 2.13. The number of hydrogen-bond donors (Lipinski definition) is 2. The Balaban J connectivity index is 2.08. The minimum atomic E-state index is -0.294. The van der Waals surface area contributed by atoms with Crippen molar-refractivity contribution < 1.29 is 4.39 Å². The van der Waals surface area contributed by atoms with E-state index in [0.29, 0.717) is 5.69 Å². The summed E-state index contributed by atoms with van der Waals surface area (Å²) < 4.78 is 13.9. The molecule has 2 N–H and O–H groups in total. The lowest BCUT2D eigenvalue weighted by Crippen LogP contribution is -1.96. The molecule has 22 heavy (non-hydrogen) atoms. The number of aromatic nitrogens is 2. The normalized spacial score (nSPS) is 10.5. The van der Waals surface area contributed by atoms with Crippen LogP contribution in [0.2, 0.25) is 0 Å². The van der Waals surface area contributed by atoms with Gasteiger partial charge in [-0.25, -0.2) is 4.39 Å². The molecule has 0 amide bonds. The van der Waals surface area contributed by atoms with Crippen molar-refractivity contribution in [2.45, 2.75) is 13.8 Å². The Morgan fingerprint density at radius 3 is 2.77 bits per heavy atom. The summed E-state index contributed by atoms with van der Waals surface area (Å²) >= 11 is 0. The zero-order valence-electron chi connectivity index (χ0n) is 12.4. The van der Waals surface area contributed by atoms with Crippen molar-refractivity contribution >= 4 is 22.3 Å². The maximum absolute atomic E-state index is 13.9. The zero-order chi connectivity index (χ0) is 15.5. The Morgan fingerprint density at radius 2 is 2.00 bits per heavy atom. The molecule has 4 heteroatoms. The fourth-order valence-corrected chi connectivity index (χ4v) is 2.13. The van der Waals surface area contributed by atoms with E-state index in [1.807, 2.05) is 26.0 Å². The van der Waals surface area contributed by atoms with E-state index in [1.54, 1.807) is 24.4 Å². The van der Waals surface area contributed by atoms with Gasteiger partial charge in [0.25, 0.3) is 0 Å². The number of nitrogens with one attached hydrogen (secondary N) is 2. The molecule has 0 saturated carbocycles. The molecule has 3 aromatic rings. The number of nitrogens with zero attached hydrogens (tertiary/aromatic N) is 1. The van der Waals surface area contributed by atoms with Gasteiger partial charge < -0.3 is 5.32 Å². The van der Waals surface area contributed by atoms with E-state index in [1.165, 1.54) is 6.07 Å². The second-order valence-corrected chi connectivity index (χ2v) is 5.38. The van der Waals surface area contributed by atoms with Gasteiger partial charge in [-0.15, -0.1) is 0 Å². The predicted octanol–water partition coefficient (Wildman–Crippen LogP) is 4.45. The van der Waals surface area contributed by atoms with Gasteiger partial charge in [0.15, 0.2) is 0 Å². The van der Waals surface area contributed by atoms with E-state index in [2.05, 4.69) is 27.4 Å². The van der Waals surface area contributed by atoms with Crippen LogP contribution in [0.1, 0.15) is 19.4 Å². The lowest BCUT2D eigenvalue weighted by molar-refractivity contribution is 0.632. The fraction of sp³-hybridized carbons (Fsp3) is 0.167. The maximum atomic E-state index is 13.9. The summed E-state index contributed by atoms with van der Waals surface area (Å²) in [6.45, 7) is 4.07. The summed E-state index contributed by atoms with van der Waals surface area (Å²) in [4.78, 5) is 0. The summed E-state index contributed by atoms with van der Waals surface area (Å²) in [7, 11) is 0. The summed E-state index contributed by atoms with van der Waals surface area (Å²) in [5, 5.41) is 11.0. The van der Waals surface area contributed by atoms with Crippen LogP contribution in [0.3, 0.4) is 0 Å². The third-order valence-corrected chi connectivity index (χ3v) is 3.22. The largest absolute Gasteiger partial charge is 0.352 e. The SMILES string of the molecule is CC(C)C#Cc1cc2[nH]ncc2cc1Nc1ccccc1F. The monoisotopic (exact) mass is 293 g/mol. The molecular formula is C18H16FN3. The summed E-state index contributed by atoms with van der Waals surface area (Å²) in [6.07, 6.45) is 1.74. The van der Waals surface area contributed by atoms with Gasteiger partial charge in [-0.1, -0.05) is 37.8 Å². The van der Waals surface area contributed by atoms with Crippen LogP contribution >= 0.6 is 0 Å². The molecule has 0 bridgehead atoms. The average Bonchev–Trinajstić information content (AvgIpc) is 2.94. The Hall–Kier alpha value is -2.80. The molecule has 2 aromatic carbocycles. The molecule has 0 aliphatic carbocycles. The molecule has 1 heterocycles. The van der Waals surface area contributed by atoms with Crippen molar-refractivity contribution in [1.82, 2.24) is 10.2 Å². The van der Waals surface area contributed by atoms with E-state index in [4.69, 9.17) is 0 Å². The van der Waals surface area contributed by atoms with Gasteiger partial charge in [-0.05, 0) is 24.3 Å². The number of halogens is 1. The average molecular weight is 293 g/mol. The highest BCUT2D eigenvalue weighted by Crippen LogP contribution is 2.26. The van der Waals surface area contributed by atoms with Crippen LogP contribution in [0, 0.1) is 23.6 Å². The first-order valence-electron chi connectivity index (χ1n) is 7.13. The van der Waals surface area contributed by atoms with E-state index >= 15 is 0 Å². The van der Waals surface area contributed by atoms with Gasteiger partial charge in [0.05, 0.1) is 28.7 Å². The molecule has 0 saturated heterocycles. The molecule has 110 valence electrons. The Kier molecular flexibility index (Phi) is 3.80. The summed E-state index contributed by atoms with van der Waals surface area (Å²) in [6, 6.07) is 10.4. The highest BCUT2D eigenvalue weighted by Gasteiger charge is 2.08. The number of anilines is 2. The van der Waals surface area contributed by atoms with Crippen molar-refractivity contribution in [3.05, 3.63) is 54.0 Å². The molecule has 1 aromatic heterocycles. The molecular weight excluding hydrogens is 277 g/mol. The molecule has 0 atom stereocenters. The lowest BCUT2D eigenvalue weighted by Gasteiger charge is -2.10. The minimum absolute atomic E-state index is 0.263. The van der Waals surface area contributed by atoms with Crippen LogP contribution in [0.15, 0.2) is 42.6 Å². The van der Waals surface area contributed by atoms with Crippen LogP contribution in [0.5, 0.6) is 0 Å². The van der Waals surface area contributed by atoms with Crippen LogP contribution in [-0.2, 0) is 0 Å². The van der Waals surface area contributed by atoms with E-state index in [-0.39, 0.29) is 11.7 Å². The minimum Gasteiger partial charge on any atom is -0.352 e. The molecule has 0 aliphatic heterocycles. The van der Waals surface area contributed by atoms with Crippen molar-refractivity contribution in [2.24, 2.45) is 5.92 Å². The van der Waals surface area contributed by atoms with E-state index < -0.39 is 0 Å². The van der Waals surface area contributed by atoms with E-state index in [0.717, 1.165) is 22.2 Å². The summed E-state index contributed by atoms with van der Waals surface area (Å²) in [5.41, 5.74) is 2.92. The maximum Gasteiger partial charge on any atom is 0.146 e. The highest BCUT2D eigenvalue weighted by atomic mass is 19.1. The second-order valence-electron chi connectivity index (χ2n) is 5.38. The summed E-state index contributed by atoms with van der Waals surface area (Å²) in [5.74, 6) is 6.26. The van der Waals surface area contributed by atoms with Crippen molar-refractivity contribution in [2.75, 3.05) is 5.32 Å². The second kappa shape index (κ2) is 5.90. The smallest absolute Gasteiger partial charge is 0.146 e. The molecule has 0 spiro atoms. The Morgan fingerprint density at radius 1 is 1.18 bits per heavy atom. The number of rotatable bonds is 2. The first-order valence-corrected chi connectivity index (χ1v) is 7.13. The standard InChI is InChI=1S/C18H16FN3/c1-12(2)7-8-13-9-18-14(11-20-22-18)10-17(13)21-16-6-4-3-5-15(16)19/h3-6,9-12,21H,1-2H3,(H,20,22). The Bertz CT molecular complexity index is 869. The molecule has 3 rings (SSSR count). The van der Waals surface area contributed by atoms with Crippen LogP contribution in [-0.4, -0.2) is 10.2 Å². The number of hydrogen-bond acceptors (Lipinski definition) is 2. The van der Waals surface area contributed by atoms with Crippen LogP contribution in [0.4, 0.5) is 15.8 Å². The number of para-hydroxylation sites is 1. The third kappa shape index (κ3) is 2.94. The molecule has 0 unspecified atom stereocenters. The van der Waals surface area contributed by atoms with Gasteiger partial charge in [-0.2, -0.15) is 5.10 Å². The topological polar surface area (TPSA) is 40.7 Å². The Labute approximate surface area is 128 Å². The van der Waals surface area contributed by atoms with E-state index in [9.17, 15) is 4.39 Å². The third-order valence-electron chi connectivity index (χ3n) is 3.22. The van der Waals surface area contributed by atoms with Gasteiger partial charge in [0.2, 0.25) is 0 Å². The number of aromatic amines is 1. The van der Waals surface area contributed by atoms with Crippen LogP contribution < -0.4 is 5.32 Å². The van der Waals surface area contributed by atoms with Crippen molar-refractivity contribution in [3.63, 3.8) is 0 Å². The molecule has 0 aliphatic rings. The molecule has 0 fully saturated rings. The van der Waals surface area contributed by atoms with Crippen LogP contribution in [0.25, 0.3) is 10.9 Å². The van der Waals surface area contributed by atoms with Gasteiger partial charge in [-0.3, -0.25) is 5.10 Å². The number of H-pyrrole nitrogens is 1. The van der Waals surface area contributed by atoms with Gasteiger partial charge in [0.1, 0.15) is 5.82 Å². The molecule has 3 nitrogen and oxygen atoms in total. The van der Waals surface area contributed by atoms with Crippen molar-refractivity contribution in [3.8, 4) is 11.8 Å². The zero-order valence-corrected chi connectivity index (χ0v) is 12.4. The van der Waals surface area contributed by atoms with Gasteiger partial charge in [0, 0.05) is 11.3 Å². The lowest BCUT2D eigenvalue weighted by atomic mass is 10.1. The molecule has 0 radical (unpaired) electrons. The van der Waals surface area contributed by atoms with Crippen molar-refractivity contribution in [1.29, 1.82) is 0 Å². The number of fused-ring (bicyclic) bond motifs is 1. The van der Waals surface area contributed by atoms with Gasteiger partial charge >= 0.3 is 0 Å². The first kappa shape index (κ1) is 14.2. The highest BCUT2D eigenvalue weighted by molar-refractivity contribution is 5.86. The first-order chi connectivity index (χ1) is 10.6.